The molecular weight excluding hydrogens is 1370 g/mol. The van der Waals surface area contributed by atoms with Crippen LogP contribution in [0.25, 0.3) is 0 Å². The van der Waals surface area contributed by atoms with Gasteiger partial charge < -0.3 is 0 Å². The molecule has 0 rings (SSSR count). The SMILES string of the molecule is FC(F)(F)C(F)(F)C(F)(F)OOC(F)(F)C(F)(OC(F)(F)C(F)(OC(F)(F)C(F)(OC(F)(F)C(F)(OC(F)(F)C(F)(OC(F)(F)C(F)(OC(F)(F)C(F)(F)C(F)(F)F)C(F)(F)F)C(F)(F)F)C(F)(F)F)C(F)(F)F)C(F)(F)F)C(F)(F)F. The molecule has 0 bridgehead atoms. The first-order valence-electron chi connectivity index (χ1n) is 16.5. The minimum Gasteiger partial charge on any atom is -0.263 e. The van der Waals surface area contributed by atoms with Crippen LogP contribution in [-0.4, -0.2) is 145 Å². The fourth-order valence-electron chi connectivity index (χ4n) is 3.69. The summed E-state index contributed by atoms with van der Waals surface area (Å²) in [6.45, 7) is 0. The highest BCUT2D eigenvalue weighted by Gasteiger charge is 2.93. The first-order valence-corrected chi connectivity index (χ1v) is 16.5. The van der Waals surface area contributed by atoms with Crippen LogP contribution in [0.5, 0.6) is 0 Å². The monoisotopic (exact) mass is 1370 g/mol. The van der Waals surface area contributed by atoms with Crippen molar-refractivity contribution in [3.05, 3.63) is 0 Å². The van der Waals surface area contributed by atoms with E-state index in [1.807, 2.05) is 0 Å². The number of hydrogen-bond acceptors (Lipinski definition) is 8. The molecule has 0 aliphatic carbocycles. The summed E-state index contributed by atoms with van der Waals surface area (Å²) in [6, 6.07) is 0. The third-order valence-corrected chi connectivity index (χ3v) is 7.74. The van der Waals surface area contributed by atoms with Crippen LogP contribution in [0, 0.1) is 0 Å². The van der Waals surface area contributed by atoms with E-state index in [2.05, 4.69) is 0 Å². The molecule has 0 N–H and O–H groups in total. The molecule has 82 heavy (non-hydrogen) atoms. The zero-order valence-electron chi connectivity index (χ0n) is 34.2. The van der Waals surface area contributed by atoms with Gasteiger partial charge in [-0.1, -0.05) is 0 Å². The van der Waals surface area contributed by atoms with Crippen molar-refractivity contribution < 1.29 is 258 Å². The molecule has 0 spiro atoms. The Hall–Kier alpha value is -3.82. The van der Waals surface area contributed by atoms with Gasteiger partial charge in [-0.25, -0.2) is 0 Å². The van der Waals surface area contributed by atoms with Gasteiger partial charge in [-0.05, 0) is 0 Å². The van der Waals surface area contributed by atoms with Crippen LogP contribution in [0.15, 0.2) is 0 Å². The zero-order valence-corrected chi connectivity index (χ0v) is 34.2. The van der Waals surface area contributed by atoms with Crippen LogP contribution in [0.1, 0.15) is 0 Å². The van der Waals surface area contributed by atoms with E-state index in [1.54, 1.807) is 0 Å². The molecule has 6 atom stereocenters. The van der Waals surface area contributed by atoms with Crippen LogP contribution in [0.2, 0.25) is 0 Å². The van der Waals surface area contributed by atoms with Crippen molar-refractivity contribution in [3.8, 4) is 0 Å². The minimum atomic E-state index is -10.2. The molecule has 6 unspecified atom stereocenters. The predicted octanol–water partition coefficient (Wildman–Crippen LogP) is 15.5. The lowest BCUT2D eigenvalue weighted by Crippen LogP contribution is -2.73. The normalized spacial score (nSPS) is 20.6. The van der Waals surface area contributed by atoms with Gasteiger partial charge in [0.05, 0.1) is 0 Å². The molecule has 0 aliphatic heterocycles. The summed E-state index contributed by atoms with van der Waals surface area (Å²) < 4.78 is 681. The van der Waals surface area contributed by atoms with E-state index in [4.69, 9.17) is 0 Å². The van der Waals surface area contributed by atoms with Crippen molar-refractivity contribution in [1.29, 1.82) is 0 Å². The van der Waals surface area contributed by atoms with Crippen LogP contribution < -0.4 is 0 Å². The molecule has 8 nitrogen and oxygen atoms in total. The van der Waals surface area contributed by atoms with Gasteiger partial charge in [-0.3, -0.25) is 28.4 Å². The third kappa shape index (κ3) is 12.8. The van der Waals surface area contributed by atoms with Crippen LogP contribution in [0.4, 0.5) is 220 Å². The molecule has 0 aromatic carbocycles. The van der Waals surface area contributed by atoms with Gasteiger partial charge in [-0.15, -0.1) is 0 Å². The lowest BCUT2D eigenvalue weighted by molar-refractivity contribution is -0.623. The van der Waals surface area contributed by atoms with E-state index in [0.717, 1.165) is 9.78 Å². The third-order valence-electron chi connectivity index (χ3n) is 7.74. The largest absolute Gasteiger partial charge is 0.462 e. The number of hydrogen-bond donors (Lipinski definition) is 0. The Kier molecular flexibility index (Phi) is 19.4. The molecule has 0 amide bonds. The highest BCUT2D eigenvalue weighted by atomic mass is 19.5. The van der Waals surface area contributed by atoms with Gasteiger partial charge in [0, 0.05) is 0 Å². The summed E-state index contributed by atoms with van der Waals surface area (Å²) >= 11 is 0. The quantitative estimate of drug-likeness (QED) is 0.0569. The maximum atomic E-state index is 14.9. The fraction of sp³-hybridized carbons (Fsp3) is 1.00. The molecule has 0 radical (unpaired) electrons. The van der Waals surface area contributed by atoms with Gasteiger partial charge in [-0.2, -0.15) is 229 Å². The van der Waals surface area contributed by atoms with Crippen LogP contribution >= 0.6 is 0 Å². The molecule has 0 aliphatic rings. The Morgan fingerprint density at radius 1 is 0.122 bits per heavy atom. The topological polar surface area (TPSA) is 73.8 Å². The maximum absolute atomic E-state index is 14.9. The Bertz CT molecular complexity index is 2190. The van der Waals surface area contributed by atoms with E-state index in [9.17, 15) is 220 Å². The molecule has 0 fully saturated rings. The highest BCUT2D eigenvalue weighted by Crippen LogP contribution is 2.64. The molecule has 494 valence electrons. The Morgan fingerprint density at radius 2 is 0.244 bits per heavy atom. The second-order valence-corrected chi connectivity index (χ2v) is 13.6. The van der Waals surface area contributed by atoms with E-state index in [-0.39, 0.29) is 0 Å². The lowest BCUT2D eigenvalue weighted by Gasteiger charge is -2.45. The molecule has 58 heteroatoms. The molecular formula is C24F50O8. The van der Waals surface area contributed by atoms with Gasteiger partial charge >= 0.3 is 145 Å². The van der Waals surface area contributed by atoms with Crippen molar-refractivity contribution >= 4 is 0 Å². The Labute approximate surface area is 404 Å². The average Bonchev–Trinajstić information content (AvgIpc) is 3.15. The summed E-state index contributed by atoms with van der Waals surface area (Å²) in [7, 11) is 0. The van der Waals surface area contributed by atoms with Gasteiger partial charge in [0.25, 0.3) is 0 Å². The highest BCUT2D eigenvalue weighted by molar-refractivity contribution is 5.02. The summed E-state index contributed by atoms with van der Waals surface area (Å²) in [6.07, 6.45) is -149. The standard InChI is InChI=1S/C24F50O8/c25-1(26,9(35,36)37)17(59,60)75-3(29,11(41,42)43)19(63,64)76-4(30,12(44,45)46)20(65,66)77-5(31,13(47,48)49)21(67,68)78-6(32,14(50,51)52)22(69,70)79-7(33,15(53,54)55)23(71,72)80-8(34,16(56,57)58)24(73,74)82-81-18(61,62)2(27,28)10(38,39)40. The van der Waals surface area contributed by atoms with E-state index >= 15 is 0 Å². The van der Waals surface area contributed by atoms with Crippen molar-refractivity contribution in [2.75, 3.05) is 0 Å². The number of rotatable bonds is 23. The smallest absolute Gasteiger partial charge is 0.263 e. The van der Waals surface area contributed by atoms with E-state index in [0.29, 0.717) is 28.4 Å². The van der Waals surface area contributed by atoms with Crippen molar-refractivity contribution in [1.82, 2.24) is 0 Å². The molecule has 0 saturated heterocycles. The van der Waals surface area contributed by atoms with E-state index < -0.39 is 145 Å². The van der Waals surface area contributed by atoms with Gasteiger partial charge in [0.1, 0.15) is 0 Å². The summed E-state index contributed by atoms with van der Waals surface area (Å²) in [5, 5.41) is 0. The Balaban J connectivity index is 8.39. The maximum Gasteiger partial charge on any atom is 0.462 e. The fourth-order valence-corrected chi connectivity index (χ4v) is 3.69. The van der Waals surface area contributed by atoms with Crippen LogP contribution in [-0.2, 0) is 38.2 Å². The average molecular weight is 1370 g/mol. The van der Waals surface area contributed by atoms with Crippen molar-refractivity contribution in [3.63, 3.8) is 0 Å². The van der Waals surface area contributed by atoms with Gasteiger partial charge in [0.15, 0.2) is 0 Å². The molecule has 0 saturated carbocycles. The molecule has 0 heterocycles. The number of ether oxygens (including phenoxy) is 6. The summed E-state index contributed by atoms with van der Waals surface area (Å²) in [5.74, 6) is -76.1. The predicted molar refractivity (Wildman–Crippen MR) is 130 cm³/mol. The van der Waals surface area contributed by atoms with Crippen molar-refractivity contribution in [2.24, 2.45) is 0 Å². The molecule has 0 aromatic heterocycles. The number of alkyl halides is 50. The summed E-state index contributed by atoms with van der Waals surface area (Å²) in [4.78, 5) is 2.02. The lowest BCUT2D eigenvalue weighted by atomic mass is 10.2. The second kappa shape index (κ2) is 20.4. The molecule has 0 aromatic rings. The Morgan fingerprint density at radius 3 is 0.390 bits per heavy atom. The van der Waals surface area contributed by atoms with Crippen LogP contribution in [0.3, 0.4) is 0 Å². The zero-order chi connectivity index (χ0) is 67.7. The summed E-state index contributed by atoms with van der Waals surface area (Å²) in [5.41, 5.74) is 0. The second-order valence-electron chi connectivity index (χ2n) is 13.6. The minimum absolute atomic E-state index is 0.437. The van der Waals surface area contributed by atoms with Gasteiger partial charge in [0.2, 0.25) is 0 Å². The first kappa shape index (κ1) is 78.2. The van der Waals surface area contributed by atoms with Crippen molar-refractivity contribution in [2.45, 2.75) is 145 Å². The number of halogens is 50. The van der Waals surface area contributed by atoms with E-state index in [1.165, 1.54) is 0 Å². The first-order chi connectivity index (χ1) is 34.4.